The number of rotatable bonds is 6. The Balaban J connectivity index is 2.10. The smallest absolute Gasteiger partial charge is 0.256 e. The van der Waals surface area contributed by atoms with Crippen molar-refractivity contribution < 1.29 is 18.3 Å². The molecule has 0 bridgehead atoms. The molecular formula is C24H21F3N4O2. The number of anilines is 1. The van der Waals surface area contributed by atoms with Crippen molar-refractivity contribution in [1.82, 2.24) is 14.5 Å². The summed E-state index contributed by atoms with van der Waals surface area (Å²) < 4.78 is 43.9. The molecule has 33 heavy (non-hydrogen) atoms. The summed E-state index contributed by atoms with van der Waals surface area (Å²) in [6, 6.07) is 9.71. The van der Waals surface area contributed by atoms with Crippen LogP contribution in [-0.4, -0.2) is 32.3 Å². The zero-order valence-corrected chi connectivity index (χ0v) is 17.9. The van der Waals surface area contributed by atoms with Crippen molar-refractivity contribution in [2.75, 3.05) is 11.9 Å². The van der Waals surface area contributed by atoms with Crippen LogP contribution in [0.5, 0.6) is 0 Å². The topological polar surface area (TPSA) is 80.0 Å². The van der Waals surface area contributed by atoms with Gasteiger partial charge in [-0.15, -0.1) is 0 Å². The van der Waals surface area contributed by atoms with Crippen LogP contribution in [0.15, 0.2) is 53.3 Å². The number of aromatic nitrogens is 3. The van der Waals surface area contributed by atoms with Crippen LogP contribution >= 0.6 is 0 Å². The minimum atomic E-state index is -0.931. The van der Waals surface area contributed by atoms with Gasteiger partial charge < -0.3 is 10.4 Å². The second-order valence-electron chi connectivity index (χ2n) is 7.60. The maximum Gasteiger partial charge on any atom is 0.256 e. The largest absolute Gasteiger partial charge is 0.394 e. The molecule has 2 aromatic carbocycles. The Labute approximate surface area is 187 Å². The highest BCUT2D eigenvalue weighted by Gasteiger charge is 2.21. The van der Waals surface area contributed by atoms with Gasteiger partial charge in [0.15, 0.2) is 5.65 Å². The number of benzene rings is 2. The first-order valence-corrected chi connectivity index (χ1v) is 10.4. The number of aliphatic hydroxyl groups excluding tert-OH is 1. The second-order valence-corrected chi connectivity index (χ2v) is 7.60. The lowest BCUT2D eigenvalue weighted by molar-refractivity contribution is 0.271. The lowest BCUT2D eigenvalue weighted by Gasteiger charge is -2.18. The van der Waals surface area contributed by atoms with Crippen LogP contribution in [0.4, 0.5) is 19.1 Å². The van der Waals surface area contributed by atoms with Crippen LogP contribution < -0.4 is 10.9 Å². The highest BCUT2D eigenvalue weighted by molar-refractivity contribution is 5.93. The van der Waals surface area contributed by atoms with E-state index >= 15 is 0 Å². The van der Waals surface area contributed by atoms with E-state index < -0.39 is 34.7 Å². The second kappa shape index (κ2) is 9.03. The summed E-state index contributed by atoms with van der Waals surface area (Å²) >= 11 is 0. The molecule has 4 rings (SSSR count). The first-order chi connectivity index (χ1) is 15.8. The van der Waals surface area contributed by atoms with Crippen molar-refractivity contribution in [2.24, 2.45) is 0 Å². The van der Waals surface area contributed by atoms with E-state index in [1.807, 2.05) is 6.92 Å². The first kappa shape index (κ1) is 22.5. The fraction of sp³-hybridized carbons (Fsp3) is 0.208. The van der Waals surface area contributed by atoms with E-state index in [0.717, 1.165) is 16.7 Å². The number of fused-ring (bicyclic) bond motifs is 1. The lowest BCUT2D eigenvalue weighted by Crippen LogP contribution is -2.25. The van der Waals surface area contributed by atoms with E-state index in [2.05, 4.69) is 15.3 Å². The quantitative estimate of drug-likeness (QED) is 0.453. The number of halogens is 3. The SMILES string of the molecule is CCC(CO)Nc1nc(-c2ccc(F)cc2C)c2ccc(=O)n(-c3c(F)cccc3F)c2n1. The molecule has 0 saturated carbocycles. The maximum atomic E-state index is 14.7. The Morgan fingerprint density at radius 2 is 1.79 bits per heavy atom. The van der Waals surface area contributed by atoms with Gasteiger partial charge in [0.25, 0.3) is 5.56 Å². The summed E-state index contributed by atoms with van der Waals surface area (Å²) in [5.41, 5.74) is 0.197. The van der Waals surface area contributed by atoms with Crippen LogP contribution in [0.3, 0.4) is 0 Å². The van der Waals surface area contributed by atoms with Gasteiger partial charge in [-0.2, -0.15) is 4.98 Å². The summed E-state index contributed by atoms with van der Waals surface area (Å²) in [4.78, 5) is 21.7. The van der Waals surface area contributed by atoms with Crippen LogP contribution in [0.25, 0.3) is 28.0 Å². The van der Waals surface area contributed by atoms with E-state index in [1.54, 1.807) is 13.0 Å². The molecule has 2 aromatic heterocycles. The van der Waals surface area contributed by atoms with Crippen LogP contribution in [0.1, 0.15) is 18.9 Å². The molecule has 0 fully saturated rings. The van der Waals surface area contributed by atoms with Gasteiger partial charge in [-0.05, 0) is 55.3 Å². The van der Waals surface area contributed by atoms with Crippen LogP contribution in [-0.2, 0) is 0 Å². The monoisotopic (exact) mass is 454 g/mol. The Morgan fingerprint density at radius 3 is 2.42 bits per heavy atom. The first-order valence-electron chi connectivity index (χ1n) is 10.4. The van der Waals surface area contributed by atoms with Gasteiger partial charge in [0, 0.05) is 17.0 Å². The third-order valence-electron chi connectivity index (χ3n) is 5.40. The summed E-state index contributed by atoms with van der Waals surface area (Å²) in [6.45, 7) is 3.35. The molecule has 6 nitrogen and oxygen atoms in total. The zero-order chi connectivity index (χ0) is 23.7. The number of para-hydroxylation sites is 1. The molecule has 1 unspecified atom stereocenters. The molecule has 0 aliphatic rings. The molecule has 170 valence electrons. The molecule has 9 heteroatoms. The molecule has 2 heterocycles. The van der Waals surface area contributed by atoms with Crippen molar-refractivity contribution in [3.8, 4) is 16.9 Å². The number of hydrogen-bond donors (Lipinski definition) is 2. The average Bonchev–Trinajstić information content (AvgIpc) is 2.78. The molecule has 1 atom stereocenters. The number of nitrogens with one attached hydrogen (secondary N) is 1. The van der Waals surface area contributed by atoms with Crippen molar-refractivity contribution in [3.05, 3.63) is 81.9 Å². The van der Waals surface area contributed by atoms with Gasteiger partial charge in [-0.25, -0.2) is 18.2 Å². The number of hydrogen-bond acceptors (Lipinski definition) is 5. The molecule has 2 N–H and O–H groups in total. The van der Waals surface area contributed by atoms with E-state index in [9.17, 15) is 23.1 Å². The number of aryl methyl sites for hydroxylation is 1. The third-order valence-corrected chi connectivity index (χ3v) is 5.40. The highest BCUT2D eigenvalue weighted by atomic mass is 19.1. The Hall–Kier alpha value is -3.72. The number of aliphatic hydroxyl groups is 1. The Bertz CT molecular complexity index is 1380. The zero-order valence-electron chi connectivity index (χ0n) is 17.9. The minimum Gasteiger partial charge on any atom is -0.394 e. The van der Waals surface area contributed by atoms with Gasteiger partial charge in [0.1, 0.15) is 23.1 Å². The van der Waals surface area contributed by atoms with E-state index in [4.69, 9.17) is 0 Å². The molecule has 0 aliphatic heterocycles. The Kier molecular flexibility index (Phi) is 6.15. The molecule has 0 aliphatic carbocycles. The van der Waals surface area contributed by atoms with Gasteiger partial charge in [-0.3, -0.25) is 9.36 Å². The van der Waals surface area contributed by atoms with Gasteiger partial charge in [-0.1, -0.05) is 13.0 Å². The highest BCUT2D eigenvalue weighted by Crippen LogP contribution is 2.31. The van der Waals surface area contributed by atoms with E-state index in [1.165, 1.54) is 30.3 Å². The van der Waals surface area contributed by atoms with E-state index in [0.29, 0.717) is 28.6 Å². The van der Waals surface area contributed by atoms with E-state index in [-0.39, 0.29) is 18.2 Å². The van der Waals surface area contributed by atoms with Crippen molar-refractivity contribution >= 4 is 17.0 Å². The fourth-order valence-electron chi connectivity index (χ4n) is 3.66. The number of nitrogens with zero attached hydrogens (tertiary/aromatic N) is 3. The van der Waals surface area contributed by atoms with Gasteiger partial charge >= 0.3 is 0 Å². The fourth-order valence-corrected chi connectivity index (χ4v) is 3.66. The lowest BCUT2D eigenvalue weighted by atomic mass is 10.0. The Morgan fingerprint density at radius 1 is 1.06 bits per heavy atom. The molecule has 0 saturated heterocycles. The van der Waals surface area contributed by atoms with Crippen LogP contribution in [0.2, 0.25) is 0 Å². The summed E-state index contributed by atoms with van der Waals surface area (Å²) in [7, 11) is 0. The number of pyridine rings is 1. The molecule has 0 radical (unpaired) electrons. The normalized spacial score (nSPS) is 12.2. The summed E-state index contributed by atoms with van der Waals surface area (Å²) in [5.74, 6) is -2.24. The molecule has 0 spiro atoms. The van der Waals surface area contributed by atoms with Crippen LogP contribution in [0, 0.1) is 24.4 Å². The summed E-state index contributed by atoms with van der Waals surface area (Å²) in [6.07, 6.45) is 0.548. The van der Waals surface area contributed by atoms with Gasteiger partial charge in [0.05, 0.1) is 18.3 Å². The molecular weight excluding hydrogens is 433 g/mol. The third kappa shape index (κ3) is 4.19. The molecule has 4 aromatic rings. The summed E-state index contributed by atoms with van der Waals surface area (Å²) in [5, 5.41) is 12.9. The van der Waals surface area contributed by atoms with Crippen molar-refractivity contribution in [3.63, 3.8) is 0 Å². The molecule has 0 amide bonds. The van der Waals surface area contributed by atoms with Crippen molar-refractivity contribution in [2.45, 2.75) is 26.3 Å². The minimum absolute atomic E-state index is 0.0319. The standard InChI is InChI=1S/C24H21F3N4O2/c1-3-15(12-32)28-24-29-21(16-8-7-14(25)11-13(16)2)17-9-10-20(33)31(23(17)30-24)22-18(26)5-4-6-19(22)27/h4-11,15,32H,3,12H2,1-2H3,(H,28,29,30). The van der Waals surface area contributed by atoms with Crippen molar-refractivity contribution in [1.29, 1.82) is 0 Å². The predicted molar refractivity (Wildman–Crippen MR) is 120 cm³/mol. The average molecular weight is 454 g/mol. The predicted octanol–water partition coefficient (Wildman–Crippen LogP) is 4.36. The van der Waals surface area contributed by atoms with Gasteiger partial charge in [0.2, 0.25) is 5.95 Å². The maximum absolute atomic E-state index is 14.7.